The van der Waals surface area contributed by atoms with Gasteiger partial charge in [-0.2, -0.15) is 13.2 Å². The molecule has 0 spiro atoms. The maximum atomic E-state index is 13.9. The Kier molecular flexibility index (Phi) is 7.56. The van der Waals surface area contributed by atoms with Gasteiger partial charge in [0.1, 0.15) is 6.61 Å². The van der Waals surface area contributed by atoms with E-state index in [9.17, 15) is 18.0 Å². The van der Waals surface area contributed by atoms with Crippen LogP contribution in [0.2, 0.25) is 0 Å². The van der Waals surface area contributed by atoms with Crippen LogP contribution in [0.3, 0.4) is 0 Å². The van der Waals surface area contributed by atoms with Gasteiger partial charge in [-0.05, 0) is 43.1 Å². The summed E-state index contributed by atoms with van der Waals surface area (Å²) in [6.07, 6.45) is 1.62. The highest BCUT2D eigenvalue weighted by atomic mass is 19.4. The minimum atomic E-state index is -4.96. The van der Waals surface area contributed by atoms with Crippen molar-refractivity contribution < 1.29 is 27.4 Å². The van der Waals surface area contributed by atoms with Crippen molar-refractivity contribution in [2.45, 2.75) is 58.7 Å². The lowest BCUT2D eigenvalue weighted by Crippen LogP contribution is -2.51. The number of hydrogen-bond acceptors (Lipinski definition) is 3. The van der Waals surface area contributed by atoms with Crippen LogP contribution in [0.25, 0.3) is 0 Å². The van der Waals surface area contributed by atoms with Crippen LogP contribution >= 0.6 is 0 Å². The molecule has 0 N–H and O–H groups in total. The Labute approximate surface area is 177 Å². The molecule has 0 aliphatic heterocycles. The molecule has 2 atom stereocenters. The van der Waals surface area contributed by atoms with Crippen LogP contribution in [-0.2, 0) is 19.9 Å². The Morgan fingerprint density at radius 1 is 1.23 bits per heavy atom. The monoisotopic (exact) mass is 424 g/mol. The highest BCUT2D eigenvalue weighted by molar-refractivity contribution is 5.82. The summed E-state index contributed by atoms with van der Waals surface area (Å²) in [4.78, 5) is 12.7. The number of benzene rings is 1. The maximum Gasteiger partial charge on any atom is 0.432 e. The standard InChI is InChI=1S/C24H31F3O3/c1-6-18(13-15-19-14-12-17(2)22(19,3)4)16-30-21(28)23(29-5,24(25,26)27)20-10-8-7-9-11-20/h7-13,19H,6,14-16H2,1-5H3/t19-,23?/m1/s1. The van der Waals surface area contributed by atoms with E-state index >= 15 is 0 Å². The van der Waals surface area contributed by atoms with E-state index in [0.29, 0.717) is 12.3 Å². The summed E-state index contributed by atoms with van der Waals surface area (Å²) in [7, 11) is 0.871. The predicted molar refractivity (Wildman–Crippen MR) is 111 cm³/mol. The highest BCUT2D eigenvalue weighted by Gasteiger charge is 2.64. The molecule has 0 heterocycles. The molecule has 0 radical (unpaired) electrons. The number of hydrogen-bond donors (Lipinski definition) is 0. The molecular formula is C24H31F3O3. The number of allylic oxidation sites excluding steroid dienone is 3. The van der Waals surface area contributed by atoms with Crippen molar-refractivity contribution in [3.63, 3.8) is 0 Å². The van der Waals surface area contributed by atoms with Gasteiger partial charge in [0.2, 0.25) is 0 Å². The lowest BCUT2D eigenvalue weighted by atomic mass is 9.76. The SMILES string of the molecule is CCC(=CC[C@H]1CC=C(C)C1(C)C)COC(=O)C(OC)(c1ccccc1)C(F)(F)F. The van der Waals surface area contributed by atoms with Crippen LogP contribution in [0.4, 0.5) is 13.2 Å². The van der Waals surface area contributed by atoms with Crippen LogP contribution < -0.4 is 0 Å². The van der Waals surface area contributed by atoms with Crippen LogP contribution in [0, 0.1) is 11.3 Å². The van der Waals surface area contributed by atoms with Gasteiger partial charge in [0.25, 0.3) is 5.60 Å². The lowest BCUT2D eigenvalue weighted by Gasteiger charge is -2.32. The van der Waals surface area contributed by atoms with E-state index in [1.54, 1.807) is 6.07 Å². The fourth-order valence-corrected chi connectivity index (χ4v) is 3.85. The number of ether oxygens (including phenoxy) is 2. The van der Waals surface area contributed by atoms with Gasteiger partial charge in [0.05, 0.1) is 0 Å². The zero-order valence-corrected chi connectivity index (χ0v) is 18.3. The first-order valence-electron chi connectivity index (χ1n) is 10.2. The van der Waals surface area contributed by atoms with Crippen LogP contribution in [0.1, 0.15) is 52.5 Å². The largest absolute Gasteiger partial charge is 0.459 e. The molecule has 0 fully saturated rings. The minimum absolute atomic E-state index is 0.0842. The summed E-state index contributed by atoms with van der Waals surface area (Å²) >= 11 is 0. The Morgan fingerprint density at radius 2 is 1.87 bits per heavy atom. The van der Waals surface area contributed by atoms with Crippen molar-refractivity contribution in [1.82, 2.24) is 0 Å². The normalized spacial score (nSPS) is 21.1. The average Bonchev–Trinajstić information content (AvgIpc) is 2.95. The molecule has 166 valence electrons. The smallest absolute Gasteiger partial charge is 0.432 e. The first kappa shape index (κ1) is 24.2. The summed E-state index contributed by atoms with van der Waals surface area (Å²) < 4.78 is 51.8. The first-order chi connectivity index (χ1) is 14.0. The summed E-state index contributed by atoms with van der Waals surface area (Å²) in [5, 5.41) is 0. The molecule has 30 heavy (non-hydrogen) atoms. The number of alkyl halides is 3. The van der Waals surface area contributed by atoms with Crippen LogP contribution in [-0.4, -0.2) is 25.9 Å². The van der Waals surface area contributed by atoms with Gasteiger partial charge in [-0.3, -0.25) is 0 Å². The molecule has 1 aliphatic carbocycles. The van der Waals surface area contributed by atoms with Crippen LogP contribution in [0.15, 0.2) is 53.6 Å². The second kappa shape index (κ2) is 9.38. The molecule has 1 aromatic rings. The van der Waals surface area contributed by atoms with Gasteiger partial charge in [-0.15, -0.1) is 0 Å². The molecule has 6 heteroatoms. The predicted octanol–water partition coefficient (Wildman–Crippen LogP) is 6.35. The molecule has 0 saturated heterocycles. The Balaban J connectivity index is 2.16. The fraction of sp³-hybridized carbons (Fsp3) is 0.542. The summed E-state index contributed by atoms with van der Waals surface area (Å²) in [5.41, 5.74) is -1.23. The Hall–Kier alpha value is -2.08. The first-order valence-corrected chi connectivity index (χ1v) is 10.2. The van der Waals surface area contributed by atoms with Crippen molar-refractivity contribution >= 4 is 5.97 Å². The fourth-order valence-electron chi connectivity index (χ4n) is 3.85. The maximum absolute atomic E-state index is 13.9. The molecule has 1 unspecified atom stereocenters. The molecule has 0 amide bonds. The number of rotatable bonds is 8. The molecule has 0 bridgehead atoms. The molecule has 0 aromatic heterocycles. The van der Waals surface area contributed by atoms with Crippen LogP contribution in [0.5, 0.6) is 0 Å². The van der Waals surface area contributed by atoms with Gasteiger partial charge in [-0.1, -0.05) is 68.8 Å². The zero-order valence-electron chi connectivity index (χ0n) is 18.3. The second-order valence-electron chi connectivity index (χ2n) is 8.32. The third-order valence-electron chi connectivity index (χ3n) is 6.45. The van der Waals surface area contributed by atoms with E-state index in [-0.39, 0.29) is 17.6 Å². The van der Waals surface area contributed by atoms with Gasteiger partial charge in [-0.25, -0.2) is 4.79 Å². The number of carbonyl (C=O) groups excluding carboxylic acids is 1. The van der Waals surface area contributed by atoms with E-state index in [2.05, 4.69) is 26.8 Å². The molecule has 3 nitrogen and oxygen atoms in total. The quantitative estimate of drug-likeness (QED) is 0.360. The molecule has 0 saturated carbocycles. The summed E-state index contributed by atoms with van der Waals surface area (Å²) in [6.45, 7) is 8.23. The molecule has 1 aromatic carbocycles. The average molecular weight is 425 g/mol. The van der Waals surface area contributed by atoms with Crippen molar-refractivity contribution in [3.05, 3.63) is 59.2 Å². The van der Waals surface area contributed by atoms with E-state index in [0.717, 1.165) is 25.5 Å². The topological polar surface area (TPSA) is 35.5 Å². The minimum Gasteiger partial charge on any atom is -0.459 e. The molecular weight excluding hydrogens is 393 g/mol. The number of esters is 1. The van der Waals surface area contributed by atoms with Gasteiger partial charge >= 0.3 is 12.1 Å². The summed E-state index contributed by atoms with van der Waals surface area (Å²) in [5.74, 6) is -1.03. The Morgan fingerprint density at radius 3 is 2.33 bits per heavy atom. The lowest BCUT2D eigenvalue weighted by molar-refractivity contribution is -0.276. The second-order valence-corrected chi connectivity index (χ2v) is 8.32. The molecule has 2 rings (SSSR count). The zero-order chi connectivity index (χ0) is 22.6. The number of carbonyl (C=O) groups is 1. The van der Waals surface area contributed by atoms with E-state index in [4.69, 9.17) is 9.47 Å². The number of halogens is 3. The number of methoxy groups -OCH3 is 1. The highest BCUT2D eigenvalue weighted by Crippen LogP contribution is 2.45. The van der Waals surface area contributed by atoms with Crippen molar-refractivity contribution in [2.75, 3.05) is 13.7 Å². The Bertz CT molecular complexity index is 794. The molecule has 1 aliphatic rings. The van der Waals surface area contributed by atoms with Gasteiger partial charge in [0, 0.05) is 12.7 Å². The van der Waals surface area contributed by atoms with Crippen molar-refractivity contribution in [3.8, 4) is 0 Å². The van der Waals surface area contributed by atoms with E-state index in [1.807, 2.05) is 13.0 Å². The van der Waals surface area contributed by atoms with E-state index in [1.165, 1.54) is 29.8 Å². The third-order valence-corrected chi connectivity index (χ3v) is 6.45. The third kappa shape index (κ3) is 4.64. The summed E-state index contributed by atoms with van der Waals surface area (Å²) in [6, 6.07) is 6.86. The van der Waals surface area contributed by atoms with Crippen molar-refractivity contribution in [2.24, 2.45) is 11.3 Å². The van der Waals surface area contributed by atoms with E-state index < -0.39 is 17.7 Å². The van der Waals surface area contributed by atoms with Crippen molar-refractivity contribution in [1.29, 1.82) is 0 Å². The van der Waals surface area contributed by atoms with Gasteiger partial charge < -0.3 is 9.47 Å². The van der Waals surface area contributed by atoms with Gasteiger partial charge in [0.15, 0.2) is 0 Å².